The molecule has 0 amide bonds. The van der Waals surface area contributed by atoms with Gasteiger partial charge in [-0.15, -0.1) is 16.8 Å². The number of rotatable bonds is 2. The maximum Gasteiger partial charge on any atom is 0.306 e. The summed E-state index contributed by atoms with van der Waals surface area (Å²) in [4.78, 5) is 41.7. The molecule has 2 aliphatic rings. The SMILES string of the molecule is NN1OC2(CC(=O)O)C(=O)c3ccccc3C(=O)C2C1Cl. The summed E-state index contributed by atoms with van der Waals surface area (Å²) in [5, 5.41) is 9.76. The number of carboxylic acid groups (broad SMARTS) is 1. The Morgan fingerprint density at radius 3 is 2.62 bits per heavy atom. The number of halogens is 1. The fraction of sp³-hybridized carbons (Fsp3) is 0.308. The van der Waals surface area contributed by atoms with Crippen molar-refractivity contribution in [1.29, 1.82) is 0 Å². The third-order valence-corrected chi connectivity index (χ3v) is 4.25. The lowest BCUT2D eigenvalue weighted by molar-refractivity contribution is -0.190. The van der Waals surface area contributed by atoms with Crippen LogP contribution in [-0.4, -0.2) is 38.9 Å². The fourth-order valence-corrected chi connectivity index (χ4v) is 3.28. The van der Waals surface area contributed by atoms with E-state index in [0.29, 0.717) is 5.17 Å². The Morgan fingerprint density at radius 2 is 2.00 bits per heavy atom. The van der Waals surface area contributed by atoms with Gasteiger partial charge < -0.3 is 5.11 Å². The number of ketones is 2. The number of nitrogens with zero attached hydrogens (tertiary/aromatic N) is 1. The molecule has 1 heterocycles. The zero-order valence-electron chi connectivity index (χ0n) is 10.7. The number of carbonyl (C=O) groups excluding carboxylic acids is 2. The second-order valence-corrected chi connectivity index (χ2v) is 5.45. The number of carbonyl (C=O) groups is 3. The van der Waals surface area contributed by atoms with Crippen molar-refractivity contribution in [3.8, 4) is 0 Å². The molecular weight excluding hydrogens is 300 g/mol. The van der Waals surface area contributed by atoms with E-state index >= 15 is 0 Å². The van der Waals surface area contributed by atoms with Gasteiger partial charge in [0.1, 0.15) is 5.50 Å². The van der Waals surface area contributed by atoms with Crippen molar-refractivity contribution in [2.75, 3.05) is 0 Å². The monoisotopic (exact) mass is 310 g/mol. The van der Waals surface area contributed by atoms with Crippen molar-refractivity contribution in [2.45, 2.75) is 17.5 Å². The number of alkyl halides is 1. The van der Waals surface area contributed by atoms with E-state index in [1.807, 2.05) is 0 Å². The van der Waals surface area contributed by atoms with Gasteiger partial charge >= 0.3 is 5.97 Å². The van der Waals surface area contributed by atoms with Crippen LogP contribution in [0.1, 0.15) is 27.1 Å². The largest absolute Gasteiger partial charge is 0.481 e. The first-order chi connectivity index (χ1) is 9.88. The van der Waals surface area contributed by atoms with Crippen molar-refractivity contribution in [2.24, 2.45) is 11.8 Å². The number of aliphatic carboxylic acids is 1. The van der Waals surface area contributed by atoms with Crippen LogP contribution in [0.25, 0.3) is 0 Å². The molecule has 0 saturated carbocycles. The molecule has 3 atom stereocenters. The second-order valence-electron chi connectivity index (χ2n) is 5.00. The summed E-state index contributed by atoms with van der Waals surface area (Å²) in [5.74, 6) is 2.06. The van der Waals surface area contributed by atoms with Gasteiger partial charge in [-0.25, -0.2) is 5.84 Å². The molecule has 7 nitrogen and oxygen atoms in total. The van der Waals surface area contributed by atoms with Gasteiger partial charge in [0.25, 0.3) is 0 Å². The maximum atomic E-state index is 12.7. The van der Waals surface area contributed by atoms with Crippen molar-refractivity contribution in [3.63, 3.8) is 0 Å². The lowest BCUT2D eigenvalue weighted by atomic mass is 9.69. The van der Waals surface area contributed by atoms with Crippen LogP contribution in [0.5, 0.6) is 0 Å². The Hall–Kier alpha value is -1.80. The predicted octanol–water partition coefficient (Wildman–Crippen LogP) is 0.581. The topological polar surface area (TPSA) is 110 Å². The number of nitrogens with two attached hydrogens (primary N) is 1. The zero-order chi connectivity index (χ0) is 15.4. The Labute approximate surface area is 124 Å². The number of hydrogen-bond donors (Lipinski definition) is 2. The molecule has 21 heavy (non-hydrogen) atoms. The highest BCUT2D eigenvalue weighted by atomic mass is 35.5. The minimum atomic E-state index is -1.89. The molecule has 110 valence electrons. The first-order valence-electron chi connectivity index (χ1n) is 6.15. The van der Waals surface area contributed by atoms with E-state index in [0.717, 1.165) is 0 Å². The smallest absolute Gasteiger partial charge is 0.306 e. The lowest BCUT2D eigenvalue weighted by Gasteiger charge is -2.34. The molecule has 1 aromatic carbocycles. The molecule has 1 saturated heterocycles. The number of hydrogen-bond acceptors (Lipinski definition) is 6. The minimum Gasteiger partial charge on any atom is -0.481 e. The fourth-order valence-electron chi connectivity index (χ4n) is 2.92. The molecule has 0 radical (unpaired) electrons. The van der Waals surface area contributed by atoms with Crippen molar-refractivity contribution in [3.05, 3.63) is 35.4 Å². The zero-order valence-corrected chi connectivity index (χ0v) is 11.4. The molecule has 1 aliphatic carbocycles. The molecule has 1 fully saturated rings. The number of carboxylic acids is 1. The molecule has 1 aliphatic heterocycles. The van der Waals surface area contributed by atoms with Crippen LogP contribution in [0, 0.1) is 5.92 Å². The average Bonchev–Trinajstić information content (AvgIpc) is 2.68. The van der Waals surface area contributed by atoms with E-state index in [4.69, 9.17) is 27.4 Å². The molecule has 1 aromatic rings. The van der Waals surface area contributed by atoms with Crippen LogP contribution in [0.2, 0.25) is 0 Å². The standard InChI is InChI=1S/C13H11ClN2O5/c14-12-9-10(19)6-3-1-2-4-7(6)11(20)13(9,5-8(17)18)21-16(12)15/h1-4,9,12H,5,15H2,(H,17,18). The highest BCUT2D eigenvalue weighted by molar-refractivity contribution is 6.27. The summed E-state index contributed by atoms with van der Waals surface area (Å²) in [7, 11) is 0. The molecule has 0 bridgehead atoms. The second kappa shape index (κ2) is 4.60. The number of fused-ring (bicyclic) bond motifs is 2. The summed E-state index contributed by atoms with van der Waals surface area (Å²) in [6.45, 7) is 0. The molecule has 3 unspecified atom stereocenters. The molecule has 0 aromatic heterocycles. The number of hydrazine groups is 1. The lowest BCUT2D eigenvalue weighted by Crippen LogP contribution is -2.53. The summed E-state index contributed by atoms with van der Waals surface area (Å²) >= 11 is 6.05. The molecule has 3 N–H and O–H groups in total. The normalized spacial score (nSPS) is 31.9. The first-order valence-corrected chi connectivity index (χ1v) is 6.59. The van der Waals surface area contributed by atoms with E-state index in [9.17, 15) is 14.4 Å². The molecular formula is C13H11ClN2O5. The third kappa shape index (κ3) is 1.82. The van der Waals surface area contributed by atoms with Gasteiger partial charge in [-0.05, 0) is 0 Å². The predicted molar refractivity (Wildman–Crippen MR) is 70.3 cm³/mol. The van der Waals surface area contributed by atoms with E-state index in [1.165, 1.54) is 12.1 Å². The highest BCUT2D eigenvalue weighted by Crippen LogP contribution is 2.47. The van der Waals surface area contributed by atoms with Crippen molar-refractivity contribution in [1.82, 2.24) is 5.17 Å². The van der Waals surface area contributed by atoms with Gasteiger partial charge in [0.2, 0.25) is 0 Å². The van der Waals surface area contributed by atoms with Gasteiger partial charge in [-0.2, -0.15) is 0 Å². The highest BCUT2D eigenvalue weighted by Gasteiger charge is 2.65. The van der Waals surface area contributed by atoms with Crippen LogP contribution in [0.15, 0.2) is 24.3 Å². The van der Waals surface area contributed by atoms with Crippen molar-refractivity contribution < 1.29 is 24.3 Å². The summed E-state index contributed by atoms with van der Waals surface area (Å²) < 4.78 is 0. The van der Waals surface area contributed by atoms with E-state index in [1.54, 1.807) is 12.1 Å². The number of Topliss-reactive ketones (excluding diaryl/α,β-unsaturated/α-hetero) is 2. The Bertz CT molecular complexity index is 664. The van der Waals surface area contributed by atoms with Crippen LogP contribution >= 0.6 is 11.6 Å². The summed E-state index contributed by atoms with van der Waals surface area (Å²) in [5.41, 5.74) is -2.68. The van der Waals surface area contributed by atoms with Crippen molar-refractivity contribution >= 4 is 29.1 Å². The molecule has 8 heteroatoms. The van der Waals surface area contributed by atoms with Gasteiger partial charge in [-0.3, -0.25) is 19.2 Å². The van der Waals surface area contributed by atoms with E-state index in [2.05, 4.69) is 0 Å². The third-order valence-electron chi connectivity index (χ3n) is 3.81. The van der Waals surface area contributed by atoms with Crippen LogP contribution in [0.3, 0.4) is 0 Å². The quantitative estimate of drug-likeness (QED) is 0.467. The number of hydroxylamine groups is 1. The van der Waals surface area contributed by atoms with Gasteiger partial charge in [0.05, 0.1) is 12.3 Å². The van der Waals surface area contributed by atoms with Gasteiger partial charge in [0, 0.05) is 11.1 Å². The Kier molecular flexibility index (Phi) is 3.10. The average molecular weight is 311 g/mol. The first kappa shape index (κ1) is 14.2. The summed E-state index contributed by atoms with van der Waals surface area (Å²) in [6.07, 6.45) is -0.687. The van der Waals surface area contributed by atoms with Gasteiger partial charge in [0.15, 0.2) is 17.2 Å². The van der Waals surface area contributed by atoms with Crippen LogP contribution in [-0.2, 0) is 9.63 Å². The molecule has 3 rings (SSSR count). The Balaban J connectivity index is 2.22. The van der Waals surface area contributed by atoms with Crippen LogP contribution in [0.4, 0.5) is 0 Å². The number of benzene rings is 1. The van der Waals surface area contributed by atoms with E-state index in [-0.39, 0.29) is 11.1 Å². The minimum absolute atomic E-state index is 0.124. The van der Waals surface area contributed by atoms with Gasteiger partial charge in [-0.1, -0.05) is 24.3 Å². The van der Waals surface area contributed by atoms with E-state index < -0.39 is 41.0 Å². The molecule has 0 spiro atoms. The summed E-state index contributed by atoms with van der Waals surface area (Å²) in [6, 6.07) is 6.17. The Morgan fingerprint density at radius 1 is 1.38 bits per heavy atom. The maximum absolute atomic E-state index is 12.7. The van der Waals surface area contributed by atoms with Crippen LogP contribution < -0.4 is 5.84 Å².